The largest absolute Gasteiger partial charge is 0.480 e. The summed E-state index contributed by atoms with van der Waals surface area (Å²) in [5.74, 6) is 0.673. The highest BCUT2D eigenvalue weighted by atomic mass is 32.1. The van der Waals surface area contributed by atoms with E-state index in [0.29, 0.717) is 0 Å². The number of carbonyl (C=O) groups excluding carboxylic acids is 1. The third kappa shape index (κ3) is 2.57. The molecule has 0 saturated heterocycles. The van der Waals surface area contributed by atoms with Gasteiger partial charge in [0.15, 0.2) is 6.10 Å². The minimum absolute atomic E-state index is 0.0225. The normalized spacial score (nSPS) is 18.7. The van der Waals surface area contributed by atoms with Crippen molar-refractivity contribution in [2.75, 3.05) is 5.32 Å². The van der Waals surface area contributed by atoms with E-state index in [1.54, 1.807) is 5.51 Å². The minimum atomic E-state index is -0.520. The second-order valence-electron chi connectivity index (χ2n) is 5.75. The van der Waals surface area contributed by atoms with Gasteiger partial charge in [0.1, 0.15) is 16.4 Å². The lowest BCUT2D eigenvalue weighted by Crippen LogP contribution is -2.33. The first-order valence-electron chi connectivity index (χ1n) is 7.79. The Hall–Kier alpha value is -2.66. The molecule has 120 valence electrons. The molecule has 4 nitrogen and oxygen atoms in total. The fourth-order valence-electron chi connectivity index (χ4n) is 2.97. The average molecular weight is 336 g/mol. The molecule has 4 rings (SSSR count). The van der Waals surface area contributed by atoms with E-state index in [4.69, 9.17) is 4.74 Å². The third-order valence-electron chi connectivity index (χ3n) is 4.23. The molecule has 1 aliphatic heterocycles. The van der Waals surface area contributed by atoms with Crippen LogP contribution in [0.15, 0.2) is 60.1 Å². The molecule has 1 aromatic heterocycles. The SMILES string of the molecule is C[C@H]1c2ccccc2O[C@H]1C(=O)Nc1scnc1-c1ccccc1. The number of thiazole rings is 1. The maximum absolute atomic E-state index is 12.7. The number of nitrogens with zero attached hydrogens (tertiary/aromatic N) is 1. The van der Waals surface area contributed by atoms with Crippen molar-refractivity contribution in [3.05, 3.63) is 65.7 Å². The van der Waals surface area contributed by atoms with Crippen molar-refractivity contribution in [3.63, 3.8) is 0 Å². The molecule has 0 radical (unpaired) electrons. The summed E-state index contributed by atoms with van der Waals surface area (Å²) in [5, 5.41) is 3.74. The molecule has 2 aromatic carbocycles. The first kappa shape index (κ1) is 14.9. The highest BCUT2D eigenvalue weighted by molar-refractivity contribution is 7.14. The molecule has 0 bridgehead atoms. The first-order valence-corrected chi connectivity index (χ1v) is 8.67. The molecular weight excluding hydrogens is 320 g/mol. The molecule has 24 heavy (non-hydrogen) atoms. The predicted octanol–water partition coefficient (Wildman–Crippen LogP) is 4.31. The number of carbonyl (C=O) groups is 1. The second kappa shape index (κ2) is 6.09. The van der Waals surface area contributed by atoms with E-state index in [9.17, 15) is 4.79 Å². The molecular formula is C19H16N2O2S. The van der Waals surface area contributed by atoms with Gasteiger partial charge in [-0.15, -0.1) is 11.3 Å². The Labute approximate surface area is 144 Å². The van der Waals surface area contributed by atoms with E-state index in [-0.39, 0.29) is 11.8 Å². The number of aromatic nitrogens is 1. The second-order valence-corrected chi connectivity index (χ2v) is 6.61. The third-order valence-corrected chi connectivity index (χ3v) is 4.97. The first-order chi connectivity index (χ1) is 11.7. The molecule has 1 N–H and O–H groups in total. The summed E-state index contributed by atoms with van der Waals surface area (Å²) in [5.41, 5.74) is 4.59. The van der Waals surface area contributed by atoms with Gasteiger partial charge < -0.3 is 10.1 Å². The van der Waals surface area contributed by atoms with Crippen LogP contribution >= 0.6 is 11.3 Å². The van der Waals surface area contributed by atoms with Gasteiger partial charge in [0.25, 0.3) is 5.91 Å². The highest BCUT2D eigenvalue weighted by Gasteiger charge is 2.36. The van der Waals surface area contributed by atoms with Crippen molar-refractivity contribution in [1.29, 1.82) is 0 Å². The molecule has 1 aliphatic rings. The highest BCUT2D eigenvalue weighted by Crippen LogP contribution is 2.38. The van der Waals surface area contributed by atoms with Gasteiger partial charge in [-0.1, -0.05) is 55.5 Å². The van der Waals surface area contributed by atoms with Crippen molar-refractivity contribution in [3.8, 4) is 17.0 Å². The molecule has 0 aliphatic carbocycles. The van der Waals surface area contributed by atoms with Crippen LogP contribution in [0, 0.1) is 0 Å². The van der Waals surface area contributed by atoms with Gasteiger partial charge in [-0.2, -0.15) is 0 Å². The van der Waals surface area contributed by atoms with Gasteiger partial charge in [-0.25, -0.2) is 4.98 Å². The number of fused-ring (bicyclic) bond motifs is 1. The fourth-order valence-corrected chi connectivity index (χ4v) is 3.67. The molecule has 0 spiro atoms. The Morgan fingerprint density at radius 1 is 1.12 bits per heavy atom. The monoisotopic (exact) mass is 336 g/mol. The number of rotatable bonds is 3. The predicted molar refractivity (Wildman–Crippen MR) is 95.5 cm³/mol. The maximum atomic E-state index is 12.7. The summed E-state index contributed by atoms with van der Waals surface area (Å²) >= 11 is 1.42. The van der Waals surface area contributed by atoms with E-state index in [1.807, 2.05) is 61.5 Å². The summed E-state index contributed by atoms with van der Waals surface area (Å²) in [4.78, 5) is 17.1. The van der Waals surface area contributed by atoms with E-state index < -0.39 is 6.10 Å². The zero-order valence-corrected chi connectivity index (χ0v) is 13.9. The van der Waals surface area contributed by atoms with Gasteiger partial charge in [0.2, 0.25) is 0 Å². The summed E-state index contributed by atoms with van der Waals surface area (Å²) in [6, 6.07) is 17.6. The zero-order chi connectivity index (χ0) is 16.5. The molecule has 2 atom stereocenters. The van der Waals surface area contributed by atoms with E-state index in [2.05, 4.69) is 10.3 Å². The topological polar surface area (TPSA) is 51.2 Å². The van der Waals surface area contributed by atoms with Gasteiger partial charge in [-0.3, -0.25) is 4.79 Å². The van der Waals surface area contributed by atoms with Gasteiger partial charge in [-0.05, 0) is 6.07 Å². The number of benzene rings is 2. The Morgan fingerprint density at radius 3 is 2.67 bits per heavy atom. The number of anilines is 1. The van der Waals surface area contributed by atoms with Crippen LogP contribution in [0.4, 0.5) is 5.00 Å². The Kier molecular flexibility index (Phi) is 3.78. The van der Waals surface area contributed by atoms with Crippen molar-refractivity contribution in [2.24, 2.45) is 0 Å². The van der Waals surface area contributed by atoms with E-state index in [0.717, 1.165) is 27.6 Å². The van der Waals surface area contributed by atoms with Crippen LogP contribution in [-0.2, 0) is 4.79 Å². The molecule has 0 fully saturated rings. The fraction of sp³-hybridized carbons (Fsp3) is 0.158. The quantitative estimate of drug-likeness (QED) is 0.775. The summed E-state index contributed by atoms with van der Waals surface area (Å²) in [6.45, 7) is 2.01. The van der Waals surface area contributed by atoms with Crippen LogP contribution in [-0.4, -0.2) is 17.0 Å². The number of nitrogens with one attached hydrogen (secondary N) is 1. The smallest absolute Gasteiger partial charge is 0.266 e. The molecule has 3 aromatic rings. The number of hydrogen-bond acceptors (Lipinski definition) is 4. The Balaban J connectivity index is 1.56. The molecule has 2 heterocycles. The van der Waals surface area contributed by atoms with Gasteiger partial charge >= 0.3 is 0 Å². The lowest BCUT2D eigenvalue weighted by molar-refractivity contribution is -0.122. The number of hydrogen-bond donors (Lipinski definition) is 1. The Morgan fingerprint density at radius 2 is 1.88 bits per heavy atom. The van der Waals surface area contributed by atoms with Crippen molar-refractivity contribution in [2.45, 2.75) is 18.9 Å². The van der Waals surface area contributed by atoms with Crippen LogP contribution in [0.5, 0.6) is 5.75 Å². The van der Waals surface area contributed by atoms with Crippen LogP contribution < -0.4 is 10.1 Å². The average Bonchev–Trinajstić information content (AvgIpc) is 3.21. The maximum Gasteiger partial charge on any atom is 0.266 e. The number of para-hydroxylation sites is 1. The number of ether oxygens (including phenoxy) is 1. The van der Waals surface area contributed by atoms with Gasteiger partial charge in [0.05, 0.1) is 5.51 Å². The standard InChI is InChI=1S/C19H16N2O2S/c1-12-14-9-5-6-10-15(14)23-17(12)18(22)21-19-16(20-11-24-19)13-7-3-2-4-8-13/h2-12,17H,1H3,(H,21,22)/t12-,17+/m0/s1. The summed E-state index contributed by atoms with van der Waals surface area (Å²) in [6.07, 6.45) is -0.520. The number of amides is 1. The van der Waals surface area contributed by atoms with E-state index in [1.165, 1.54) is 11.3 Å². The van der Waals surface area contributed by atoms with Crippen molar-refractivity contribution in [1.82, 2.24) is 4.98 Å². The molecule has 0 saturated carbocycles. The molecule has 5 heteroatoms. The molecule has 1 amide bonds. The zero-order valence-electron chi connectivity index (χ0n) is 13.1. The summed E-state index contributed by atoms with van der Waals surface area (Å²) < 4.78 is 5.85. The lowest BCUT2D eigenvalue weighted by atomic mass is 9.97. The van der Waals surface area contributed by atoms with E-state index >= 15 is 0 Å². The van der Waals surface area contributed by atoms with Crippen molar-refractivity contribution >= 4 is 22.2 Å². The van der Waals surface area contributed by atoms with Crippen molar-refractivity contribution < 1.29 is 9.53 Å². The van der Waals surface area contributed by atoms with Gasteiger partial charge in [0, 0.05) is 17.0 Å². The van der Waals surface area contributed by atoms with Crippen LogP contribution in [0.2, 0.25) is 0 Å². The summed E-state index contributed by atoms with van der Waals surface area (Å²) in [7, 11) is 0. The molecule has 0 unspecified atom stereocenters. The van der Waals surface area contributed by atoms with Crippen LogP contribution in [0.1, 0.15) is 18.4 Å². The minimum Gasteiger partial charge on any atom is -0.480 e. The Bertz CT molecular complexity index is 876. The van der Waals surface area contributed by atoms with Crippen LogP contribution in [0.25, 0.3) is 11.3 Å². The van der Waals surface area contributed by atoms with Crippen LogP contribution in [0.3, 0.4) is 0 Å². The lowest BCUT2D eigenvalue weighted by Gasteiger charge is -2.15.